The molecule has 1 aliphatic rings. The molecule has 1 aromatic carbocycles. The predicted molar refractivity (Wildman–Crippen MR) is 88.6 cm³/mol. The number of carbonyl (C=O) groups is 1. The minimum atomic E-state index is -0.425. The third-order valence-corrected chi connectivity index (χ3v) is 3.77. The van der Waals surface area contributed by atoms with Gasteiger partial charge in [-0.15, -0.1) is 12.4 Å². The highest BCUT2D eigenvalue weighted by atomic mass is 35.5. The highest BCUT2D eigenvalue weighted by molar-refractivity contribution is 5.85. The van der Waals surface area contributed by atoms with Gasteiger partial charge in [0.1, 0.15) is 11.9 Å². The third kappa shape index (κ3) is 5.16. The monoisotopic (exact) mass is 328 g/mol. The van der Waals surface area contributed by atoms with Crippen molar-refractivity contribution in [2.24, 2.45) is 0 Å². The Morgan fingerprint density at radius 3 is 2.82 bits per heavy atom. The van der Waals surface area contributed by atoms with Gasteiger partial charge in [0.15, 0.2) is 0 Å². The molecule has 1 aromatic rings. The van der Waals surface area contributed by atoms with E-state index >= 15 is 0 Å². The molecule has 0 aromatic heterocycles. The number of ether oxygens (including phenoxy) is 1. The van der Waals surface area contributed by atoms with Crippen molar-refractivity contribution in [3.05, 3.63) is 29.8 Å². The number of rotatable bonds is 6. The number of para-hydroxylation sites is 1. The second-order valence-corrected chi connectivity index (χ2v) is 5.51. The summed E-state index contributed by atoms with van der Waals surface area (Å²) in [6, 6.07) is 7.56. The number of benzene rings is 1. The Labute approximate surface area is 137 Å². The minimum absolute atomic E-state index is 0. The van der Waals surface area contributed by atoms with E-state index < -0.39 is 6.10 Å². The summed E-state index contributed by atoms with van der Waals surface area (Å²) in [4.78, 5) is 12.0. The maximum absolute atomic E-state index is 12.0. The van der Waals surface area contributed by atoms with E-state index in [0.717, 1.165) is 17.7 Å². The number of hydrogen-bond acceptors (Lipinski definition) is 4. The van der Waals surface area contributed by atoms with Gasteiger partial charge < -0.3 is 20.5 Å². The summed E-state index contributed by atoms with van der Waals surface area (Å²) in [7, 11) is 0. The van der Waals surface area contributed by atoms with Crippen LogP contribution in [0.2, 0.25) is 0 Å². The summed E-state index contributed by atoms with van der Waals surface area (Å²) in [6.45, 7) is 4.99. The number of carbonyl (C=O) groups excluding carboxylic acids is 1. The van der Waals surface area contributed by atoms with E-state index in [0.29, 0.717) is 19.5 Å². The molecule has 6 heteroatoms. The van der Waals surface area contributed by atoms with Crippen molar-refractivity contribution < 1.29 is 14.6 Å². The Bertz CT molecular complexity index is 484. The van der Waals surface area contributed by atoms with Crippen LogP contribution in [0.15, 0.2) is 24.3 Å². The van der Waals surface area contributed by atoms with Crippen LogP contribution in [0.25, 0.3) is 0 Å². The number of nitrogens with one attached hydrogen (secondary N) is 2. The van der Waals surface area contributed by atoms with Crippen LogP contribution in [0.4, 0.5) is 0 Å². The molecule has 3 N–H and O–H groups in total. The quantitative estimate of drug-likeness (QED) is 0.738. The van der Waals surface area contributed by atoms with E-state index in [9.17, 15) is 9.90 Å². The molecular weight excluding hydrogens is 304 g/mol. The molecule has 124 valence electrons. The Morgan fingerprint density at radius 2 is 2.23 bits per heavy atom. The van der Waals surface area contributed by atoms with Crippen molar-refractivity contribution in [2.45, 2.75) is 44.9 Å². The summed E-state index contributed by atoms with van der Waals surface area (Å²) in [5.41, 5.74) is 1.09. The molecule has 0 spiro atoms. The van der Waals surface area contributed by atoms with Gasteiger partial charge in [-0.05, 0) is 31.4 Å². The largest absolute Gasteiger partial charge is 0.488 e. The van der Waals surface area contributed by atoms with Gasteiger partial charge in [0.05, 0.1) is 18.7 Å². The molecule has 0 bridgehead atoms. The molecule has 5 nitrogen and oxygen atoms in total. The Morgan fingerprint density at radius 1 is 1.50 bits per heavy atom. The molecule has 0 aliphatic carbocycles. The number of halogens is 1. The van der Waals surface area contributed by atoms with Crippen molar-refractivity contribution in [3.8, 4) is 5.75 Å². The van der Waals surface area contributed by atoms with Crippen LogP contribution in [0, 0.1) is 6.92 Å². The van der Waals surface area contributed by atoms with Crippen molar-refractivity contribution in [1.29, 1.82) is 0 Å². The highest BCUT2D eigenvalue weighted by Gasteiger charge is 2.28. The Hall–Kier alpha value is -1.30. The number of β-amino-alcohol motifs (C(OH)–C–C–N with tert-alkyl or cyclic N) is 1. The van der Waals surface area contributed by atoms with Crippen molar-refractivity contribution in [1.82, 2.24) is 10.6 Å². The maximum atomic E-state index is 12.0. The first-order valence-electron chi connectivity index (χ1n) is 7.51. The summed E-state index contributed by atoms with van der Waals surface area (Å²) < 4.78 is 5.94. The molecular formula is C16H25ClN2O3. The topological polar surface area (TPSA) is 70.6 Å². The van der Waals surface area contributed by atoms with Crippen molar-refractivity contribution in [2.75, 3.05) is 13.1 Å². The first-order chi connectivity index (χ1) is 10.1. The second-order valence-electron chi connectivity index (χ2n) is 5.51. The van der Waals surface area contributed by atoms with Crippen LogP contribution in [-0.4, -0.2) is 42.4 Å². The molecule has 1 aliphatic heterocycles. The van der Waals surface area contributed by atoms with Crippen LogP contribution < -0.4 is 15.4 Å². The standard InChI is InChI=1S/C16H24N2O3.ClH/c1-3-13(21-15-7-5-4-6-11(15)2)10-18-16(20)14-8-12(19)9-17-14;/h4-7,12-14,17,19H,3,8-10H2,1-2H3,(H,18,20);1H. The fourth-order valence-electron chi connectivity index (χ4n) is 2.39. The summed E-state index contributed by atoms with van der Waals surface area (Å²) in [6.07, 6.45) is 0.809. The normalized spacial score (nSPS) is 21.8. The Balaban J connectivity index is 0.00000242. The fraction of sp³-hybridized carbons (Fsp3) is 0.562. The summed E-state index contributed by atoms with van der Waals surface area (Å²) in [5, 5.41) is 15.3. The number of aliphatic hydroxyl groups is 1. The van der Waals surface area contributed by atoms with Crippen LogP contribution in [0.3, 0.4) is 0 Å². The minimum Gasteiger partial charge on any atom is -0.488 e. The first-order valence-corrected chi connectivity index (χ1v) is 7.51. The van der Waals surface area contributed by atoms with Crippen LogP contribution in [-0.2, 0) is 4.79 Å². The van der Waals surface area contributed by atoms with E-state index in [1.807, 2.05) is 38.1 Å². The lowest BCUT2D eigenvalue weighted by Gasteiger charge is -2.20. The second kappa shape index (κ2) is 8.98. The van der Waals surface area contributed by atoms with Gasteiger partial charge in [0, 0.05) is 6.54 Å². The van der Waals surface area contributed by atoms with Crippen LogP contribution in [0.1, 0.15) is 25.3 Å². The molecule has 1 saturated heterocycles. The SMILES string of the molecule is CCC(CNC(=O)C1CC(O)CN1)Oc1ccccc1C.Cl. The molecule has 0 radical (unpaired) electrons. The van der Waals surface area contributed by atoms with Gasteiger partial charge >= 0.3 is 0 Å². The lowest BCUT2D eigenvalue weighted by molar-refractivity contribution is -0.123. The maximum Gasteiger partial charge on any atom is 0.237 e. The first kappa shape index (κ1) is 18.7. The van der Waals surface area contributed by atoms with E-state index in [1.54, 1.807) is 0 Å². The van der Waals surface area contributed by atoms with Crippen molar-refractivity contribution in [3.63, 3.8) is 0 Å². The zero-order valence-corrected chi connectivity index (χ0v) is 13.9. The van der Waals surface area contributed by atoms with Crippen molar-refractivity contribution >= 4 is 18.3 Å². The lowest BCUT2D eigenvalue weighted by Crippen LogP contribution is -2.44. The van der Waals surface area contributed by atoms with E-state index in [4.69, 9.17) is 4.74 Å². The molecule has 0 saturated carbocycles. The molecule has 2 rings (SSSR count). The van der Waals surface area contributed by atoms with Crippen LogP contribution >= 0.6 is 12.4 Å². The molecule has 1 fully saturated rings. The zero-order chi connectivity index (χ0) is 15.2. The van der Waals surface area contributed by atoms with E-state index in [1.165, 1.54) is 0 Å². The fourth-order valence-corrected chi connectivity index (χ4v) is 2.39. The van der Waals surface area contributed by atoms with Gasteiger partial charge in [0.25, 0.3) is 0 Å². The van der Waals surface area contributed by atoms with Gasteiger partial charge in [-0.2, -0.15) is 0 Å². The van der Waals surface area contributed by atoms with Gasteiger partial charge in [-0.25, -0.2) is 0 Å². The number of aliphatic hydroxyl groups excluding tert-OH is 1. The predicted octanol–water partition coefficient (Wildman–Crippen LogP) is 1.41. The summed E-state index contributed by atoms with van der Waals surface area (Å²) in [5.74, 6) is 0.784. The van der Waals surface area contributed by atoms with Gasteiger partial charge in [-0.1, -0.05) is 25.1 Å². The molecule has 1 heterocycles. The molecule has 1 amide bonds. The Kier molecular flexibility index (Phi) is 7.65. The van der Waals surface area contributed by atoms with E-state index in [-0.39, 0.29) is 30.5 Å². The van der Waals surface area contributed by atoms with E-state index in [2.05, 4.69) is 10.6 Å². The van der Waals surface area contributed by atoms with Crippen LogP contribution in [0.5, 0.6) is 5.75 Å². The lowest BCUT2D eigenvalue weighted by atomic mass is 10.2. The summed E-state index contributed by atoms with van der Waals surface area (Å²) >= 11 is 0. The zero-order valence-electron chi connectivity index (χ0n) is 13.0. The molecule has 22 heavy (non-hydrogen) atoms. The van der Waals surface area contributed by atoms with Gasteiger partial charge in [-0.3, -0.25) is 4.79 Å². The molecule has 3 unspecified atom stereocenters. The number of hydrogen-bond donors (Lipinski definition) is 3. The number of amides is 1. The average molecular weight is 329 g/mol. The highest BCUT2D eigenvalue weighted by Crippen LogP contribution is 2.18. The third-order valence-electron chi connectivity index (χ3n) is 3.77. The average Bonchev–Trinajstić information content (AvgIpc) is 2.91. The smallest absolute Gasteiger partial charge is 0.237 e. The number of aryl methyl sites for hydroxylation is 1. The van der Waals surface area contributed by atoms with Gasteiger partial charge in [0.2, 0.25) is 5.91 Å². The molecule has 3 atom stereocenters.